The number of aliphatic hydroxyl groups is 5. The quantitative estimate of drug-likeness (QED) is 0.00842. The largest absolute Gasteiger partial charge is 0.472 e. The van der Waals surface area contributed by atoms with Gasteiger partial charge in [0.1, 0.15) is 43.2 Å². The number of ketones is 1. The van der Waals surface area contributed by atoms with Gasteiger partial charge in [0.05, 0.1) is 6.61 Å². The van der Waals surface area contributed by atoms with Crippen LogP contribution in [0.3, 0.4) is 0 Å². The number of phosphoric acid groups is 1. The Morgan fingerprint density at radius 3 is 1.56 bits per heavy atom. The summed E-state index contributed by atoms with van der Waals surface area (Å²) in [7, 11) is -5.17. The first kappa shape index (κ1) is 59.5. The van der Waals surface area contributed by atoms with Crippen molar-refractivity contribution in [3.63, 3.8) is 0 Å². The van der Waals surface area contributed by atoms with E-state index in [1.165, 1.54) is 102 Å². The van der Waals surface area contributed by atoms with Crippen molar-refractivity contribution in [3.05, 3.63) is 48.6 Å². The molecule has 0 aromatic heterocycles. The number of esters is 2. The molecule has 8 atom stereocenters. The minimum absolute atomic E-state index is 0.0489. The first-order valence-electron chi connectivity index (χ1n) is 24.4. The van der Waals surface area contributed by atoms with E-state index >= 15 is 0 Å². The molecule has 15 heteroatoms. The van der Waals surface area contributed by atoms with E-state index in [2.05, 4.69) is 38.2 Å². The van der Waals surface area contributed by atoms with Crippen LogP contribution in [-0.2, 0) is 37.5 Å². The first-order chi connectivity index (χ1) is 30.8. The topological polar surface area (TPSA) is 227 Å². The van der Waals surface area contributed by atoms with Gasteiger partial charge in [-0.1, -0.05) is 172 Å². The van der Waals surface area contributed by atoms with Gasteiger partial charge in [-0.3, -0.25) is 23.4 Å². The summed E-state index contributed by atoms with van der Waals surface area (Å²) in [5.74, 6) is -1.52. The van der Waals surface area contributed by atoms with Crippen molar-refractivity contribution in [1.82, 2.24) is 0 Å². The molecule has 6 N–H and O–H groups in total. The Kier molecular flexibility index (Phi) is 35.9. The van der Waals surface area contributed by atoms with Crippen LogP contribution in [0.2, 0.25) is 0 Å². The summed E-state index contributed by atoms with van der Waals surface area (Å²) in [6.07, 6.45) is 28.7. The molecular weight excluding hydrogens is 843 g/mol. The number of ether oxygens (including phenoxy) is 2. The Morgan fingerprint density at radius 1 is 0.531 bits per heavy atom. The lowest BCUT2D eigenvalue weighted by molar-refractivity contribution is -0.220. The monoisotopic (exact) mass is 929 g/mol. The standard InChI is InChI=1S/C49H85O14P/c1-3-5-7-9-11-13-15-17-18-19-20-22-24-26-28-30-32-36-43(52)62-41(39-61-64(58,59)63-49-47(56)45(54)44(53)46(55)48(49)57)38-60-42(51)37-33-35-40(50)34-31-29-27-25-23-21-16-14-12-10-8-6-4-2/h12,14,21,23,27,29,31,34,41,44-49,53-57H,3-11,13,15-20,22,24-26,28,30,32-33,35-39H2,1-2H3,(H,58,59)/b14-12-,23-21-,29-27-,34-31+/t41-,44?,45-,46+,47-,48-,49?/m1/s1. The van der Waals surface area contributed by atoms with Gasteiger partial charge in [0.2, 0.25) is 0 Å². The van der Waals surface area contributed by atoms with E-state index in [1.807, 2.05) is 6.08 Å². The number of aliphatic hydroxyl groups excluding tert-OH is 5. The Labute approximate surface area is 384 Å². The highest BCUT2D eigenvalue weighted by atomic mass is 31.2. The van der Waals surface area contributed by atoms with Crippen LogP contribution in [0.25, 0.3) is 0 Å². The Hall–Kier alpha value is -2.52. The molecule has 1 saturated carbocycles. The molecule has 0 aliphatic heterocycles. The highest BCUT2D eigenvalue weighted by Crippen LogP contribution is 2.47. The van der Waals surface area contributed by atoms with Crippen LogP contribution in [0.1, 0.15) is 187 Å². The smallest absolute Gasteiger partial charge is 0.462 e. The highest BCUT2D eigenvalue weighted by Gasteiger charge is 2.51. The lowest BCUT2D eigenvalue weighted by Gasteiger charge is -2.41. The molecule has 14 nitrogen and oxygen atoms in total. The van der Waals surface area contributed by atoms with Crippen LogP contribution in [0.15, 0.2) is 48.6 Å². The molecule has 0 aromatic rings. The SMILES string of the molecule is CCCCC/C=C\C/C=C\C/C=C\C=C\C(=O)CCCC(=O)OC[C@H](COP(=O)(O)OC1[C@H](O)[C@H](O)C(O)[C@H](O)[C@H]1O)OC(=O)CCCCCCCCCCCCCCCCCCC. The average Bonchev–Trinajstić information content (AvgIpc) is 3.27. The van der Waals surface area contributed by atoms with Crippen LogP contribution in [0.4, 0.5) is 0 Å². The predicted molar refractivity (Wildman–Crippen MR) is 249 cm³/mol. The number of hydrogen-bond donors (Lipinski definition) is 6. The molecule has 0 saturated heterocycles. The summed E-state index contributed by atoms with van der Waals surface area (Å²) in [6.45, 7) is 3.07. The molecule has 1 rings (SSSR count). The molecule has 0 heterocycles. The van der Waals surface area contributed by atoms with E-state index in [4.69, 9.17) is 18.5 Å². The van der Waals surface area contributed by atoms with Gasteiger partial charge < -0.3 is 39.9 Å². The molecular formula is C49H85O14P. The van der Waals surface area contributed by atoms with E-state index in [0.717, 1.165) is 44.9 Å². The molecule has 0 aromatic carbocycles. The van der Waals surface area contributed by atoms with Crippen molar-refractivity contribution in [2.24, 2.45) is 0 Å². The predicted octanol–water partition coefficient (Wildman–Crippen LogP) is 9.13. The molecule has 3 unspecified atom stereocenters. The van der Waals surface area contributed by atoms with Gasteiger partial charge in [-0.2, -0.15) is 0 Å². The minimum atomic E-state index is -5.17. The maximum atomic E-state index is 12.8. The normalized spacial score (nSPS) is 21.9. The highest BCUT2D eigenvalue weighted by molar-refractivity contribution is 7.47. The van der Waals surface area contributed by atoms with Crippen LogP contribution in [0, 0.1) is 0 Å². The molecule has 370 valence electrons. The molecule has 1 aliphatic carbocycles. The number of unbranched alkanes of at least 4 members (excludes halogenated alkanes) is 19. The van der Waals surface area contributed by atoms with Crippen molar-refractivity contribution >= 4 is 25.5 Å². The van der Waals surface area contributed by atoms with Crippen molar-refractivity contribution in [1.29, 1.82) is 0 Å². The third-order valence-electron chi connectivity index (χ3n) is 11.1. The fourth-order valence-electron chi connectivity index (χ4n) is 7.18. The van der Waals surface area contributed by atoms with E-state index in [1.54, 1.807) is 12.2 Å². The van der Waals surface area contributed by atoms with Crippen LogP contribution >= 0.6 is 7.82 Å². The van der Waals surface area contributed by atoms with Gasteiger partial charge >= 0.3 is 19.8 Å². The molecule has 0 spiro atoms. The molecule has 1 aliphatic rings. The summed E-state index contributed by atoms with van der Waals surface area (Å²) in [4.78, 5) is 48.0. The minimum Gasteiger partial charge on any atom is -0.462 e. The van der Waals surface area contributed by atoms with Crippen molar-refractivity contribution < 1.29 is 67.9 Å². The summed E-state index contributed by atoms with van der Waals surface area (Å²) in [5, 5.41) is 50.2. The van der Waals surface area contributed by atoms with E-state index in [0.29, 0.717) is 6.42 Å². The zero-order valence-corrected chi connectivity index (χ0v) is 40.0. The summed E-state index contributed by atoms with van der Waals surface area (Å²) < 4.78 is 33.4. The molecule has 1 fully saturated rings. The molecule has 0 amide bonds. The van der Waals surface area contributed by atoms with Gasteiger partial charge in [0, 0.05) is 19.3 Å². The fraction of sp³-hybridized carbons (Fsp3) is 0.776. The van der Waals surface area contributed by atoms with Crippen molar-refractivity contribution in [2.75, 3.05) is 13.2 Å². The lowest BCUT2D eigenvalue weighted by Crippen LogP contribution is -2.64. The number of hydrogen-bond acceptors (Lipinski definition) is 13. The van der Waals surface area contributed by atoms with Gasteiger partial charge in [0.15, 0.2) is 11.9 Å². The third kappa shape index (κ3) is 30.6. The second-order valence-electron chi connectivity index (χ2n) is 17.0. The average molecular weight is 929 g/mol. The first-order valence-corrected chi connectivity index (χ1v) is 25.9. The Bertz CT molecular complexity index is 1370. The van der Waals surface area contributed by atoms with Crippen LogP contribution in [0.5, 0.6) is 0 Å². The maximum Gasteiger partial charge on any atom is 0.472 e. The number of allylic oxidation sites excluding steroid dienone is 8. The number of phosphoric ester groups is 1. The molecule has 0 bridgehead atoms. The zero-order valence-electron chi connectivity index (χ0n) is 39.1. The second kappa shape index (κ2) is 38.6. The van der Waals surface area contributed by atoms with Crippen LogP contribution < -0.4 is 0 Å². The second-order valence-corrected chi connectivity index (χ2v) is 18.4. The van der Waals surface area contributed by atoms with Gasteiger partial charge in [-0.25, -0.2) is 4.57 Å². The Balaban J connectivity index is 2.51. The number of rotatable bonds is 40. The number of carbonyl (C=O) groups excluding carboxylic acids is 3. The fourth-order valence-corrected chi connectivity index (χ4v) is 8.15. The van der Waals surface area contributed by atoms with E-state index in [-0.39, 0.29) is 31.5 Å². The van der Waals surface area contributed by atoms with Gasteiger partial charge in [0.25, 0.3) is 0 Å². The number of carbonyl (C=O) groups is 3. The van der Waals surface area contributed by atoms with Crippen molar-refractivity contribution in [2.45, 2.75) is 230 Å². The van der Waals surface area contributed by atoms with E-state index < -0.39 is 75.7 Å². The third-order valence-corrected chi connectivity index (χ3v) is 12.1. The summed E-state index contributed by atoms with van der Waals surface area (Å²) in [5.41, 5.74) is 0. The maximum absolute atomic E-state index is 12.8. The Morgan fingerprint density at radius 2 is 1.00 bits per heavy atom. The molecule has 64 heavy (non-hydrogen) atoms. The van der Waals surface area contributed by atoms with Gasteiger partial charge in [-0.05, 0) is 44.6 Å². The van der Waals surface area contributed by atoms with Gasteiger partial charge in [-0.15, -0.1) is 0 Å². The summed E-state index contributed by atoms with van der Waals surface area (Å²) in [6, 6.07) is 0. The molecule has 0 radical (unpaired) electrons. The summed E-state index contributed by atoms with van der Waals surface area (Å²) >= 11 is 0. The van der Waals surface area contributed by atoms with Crippen molar-refractivity contribution in [3.8, 4) is 0 Å². The van der Waals surface area contributed by atoms with E-state index in [9.17, 15) is 49.4 Å². The van der Waals surface area contributed by atoms with Crippen LogP contribution in [-0.4, -0.2) is 104 Å². The zero-order chi connectivity index (χ0) is 47.3. The lowest BCUT2D eigenvalue weighted by atomic mass is 9.85.